The fourth-order valence-electron chi connectivity index (χ4n) is 2.51. The van der Waals surface area contributed by atoms with Gasteiger partial charge in [0.25, 0.3) is 0 Å². The van der Waals surface area contributed by atoms with E-state index >= 15 is 0 Å². The molecule has 1 heterocycles. The standard InChI is InChI=1S/C19H31N3O3.HI/c1-5-20-18(22-11-19(4)12-24-13-19)21-10-17(23)15-6-8-16(9-7-15)25-14(2)3;/h6-9,14,17,23H,5,10-13H2,1-4H3,(H2,20,21,22);1H. The predicted molar refractivity (Wildman–Crippen MR) is 115 cm³/mol. The number of hydrogen-bond donors (Lipinski definition) is 3. The second kappa shape index (κ2) is 10.9. The second-order valence-corrected chi connectivity index (χ2v) is 7.13. The zero-order chi connectivity index (χ0) is 18.3. The van der Waals surface area contributed by atoms with Crippen LogP contribution in [0.5, 0.6) is 5.75 Å². The van der Waals surface area contributed by atoms with Crippen LogP contribution in [0.15, 0.2) is 29.3 Å². The number of nitrogens with one attached hydrogen (secondary N) is 2. The van der Waals surface area contributed by atoms with E-state index in [2.05, 4.69) is 22.5 Å². The first-order valence-electron chi connectivity index (χ1n) is 8.96. The molecule has 0 amide bonds. The Kier molecular flexibility index (Phi) is 9.67. The van der Waals surface area contributed by atoms with Crippen molar-refractivity contribution >= 4 is 29.9 Å². The van der Waals surface area contributed by atoms with Gasteiger partial charge in [0.05, 0.1) is 32.0 Å². The van der Waals surface area contributed by atoms with E-state index in [1.165, 1.54) is 0 Å². The number of benzene rings is 1. The summed E-state index contributed by atoms with van der Waals surface area (Å²) < 4.78 is 10.9. The third-order valence-corrected chi connectivity index (χ3v) is 3.96. The maximum absolute atomic E-state index is 10.4. The Labute approximate surface area is 173 Å². The first kappa shape index (κ1) is 23.0. The maximum atomic E-state index is 10.4. The number of nitrogens with zero attached hydrogens (tertiary/aromatic N) is 1. The van der Waals surface area contributed by atoms with E-state index in [9.17, 15) is 5.11 Å². The number of aliphatic imine (C=N–C) groups is 1. The molecule has 0 spiro atoms. The van der Waals surface area contributed by atoms with Crippen molar-refractivity contribution in [2.24, 2.45) is 10.4 Å². The van der Waals surface area contributed by atoms with Gasteiger partial charge in [0.15, 0.2) is 5.96 Å². The Hall–Kier alpha value is -1.06. The SMILES string of the molecule is CCNC(=NCC1(C)COC1)NCC(O)c1ccc(OC(C)C)cc1.I. The van der Waals surface area contributed by atoms with E-state index in [0.29, 0.717) is 13.1 Å². The van der Waals surface area contributed by atoms with Gasteiger partial charge in [-0.3, -0.25) is 4.99 Å². The van der Waals surface area contributed by atoms with Gasteiger partial charge in [-0.1, -0.05) is 19.1 Å². The van der Waals surface area contributed by atoms with Crippen LogP contribution < -0.4 is 15.4 Å². The lowest BCUT2D eigenvalue weighted by Gasteiger charge is -2.36. The van der Waals surface area contributed by atoms with Gasteiger partial charge in [0.2, 0.25) is 0 Å². The first-order valence-corrected chi connectivity index (χ1v) is 8.96. The Balaban J connectivity index is 0.00000338. The molecule has 3 N–H and O–H groups in total. The van der Waals surface area contributed by atoms with Crippen LogP contribution in [0.4, 0.5) is 0 Å². The quantitative estimate of drug-likeness (QED) is 0.305. The maximum Gasteiger partial charge on any atom is 0.191 e. The Bertz CT molecular complexity index is 560. The number of ether oxygens (including phenoxy) is 2. The highest BCUT2D eigenvalue weighted by atomic mass is 127. The summed E-state index contributed by atoms with van der Waals surface area (Å²) in [6, 6.07) is 7.55. The van der Waals surface area contributed by atoms with E-state index in [4.69, 9.17) is 9.47 Å². The van der Waals surface area contributed by atoms with Gasteiger partial charge in [-0.15, -0.1) is 24.0 Å². The highest BCUT2D eigenvalue weighted by Gasteiger charge is 2.33. The molecular formula is C19H32IN3O3. The summed E-state index contributed by atoms with van der Waals surface area (Å²) in [6.45, 7) is 11.6. The van der Waals surface area contributed by atoms with Gasteiger partial charge in [0.1, 0.15) is 5.75 Å². The summed E-state index contributed by atoms with van der Waals surface area (Å²) in [6.07, 6.45) is -0.473. The molecule has 0 saturated carbocycles. The molecule has 1 fully saturated rings. The molecule has 6 nitrogen and oxygen atoms in total. The Morgan fingerprint density at radius 1 is 1.27 bits per heavy atom. The van der Waals surface area contributed by atoms with Crippen LogP contribution in [0.25, 0.3) is 0 Å². The molecule has 1 aromatic rings. The minimum atomic E-state index is -0.612. The second-order valence-electron chi connectivity index (χ2n) is 7.13. The molecule has 1 unspecified atom stereocenters. The Morgan fingerprint density at radius 3 is 2.42 bits per heavy atom. The minimum Gasteiger partial charge on any atom is -0.491 e. The predicted octanol–water partition coefficient (Wildman–Crippen LogP) is 2.72. The fourth-order valence-corrected chi connectivity index (χ4v) is 2.51. The van der Waals surface area contributed by atoms with Crippen LogP contribution >= 0.6 is 24.0 Å². The third kappa shape index (κ3) is 7.28. The molecule has 0 aliphatic carbocycles. The summed E-state index contributed by atoms with van der Waals surface area (Å²) in [5.74, 6) is 1.53. The Morgan fingerprint density at radius 2 is 1.92 bits per heavy atom. The zero-order valence-corrected chi connectivity index (χ0v) is 18.4. The van der Waals surface area contributed by atoms with Gasteiger partial charge in [-0.25, -0.2) is 0 Å². The van der Waals surface area contributed by atoms with Gasteiger partial charge >= 0.3 is 0 Å². The molecular weight excluding hydrogens is 445 g/mol. The van der Waals surface area contributed by atoms with Crippen LogP contribution in [0.2, 0.25) is 0 Å². The van der Waals surface area contributed by atoms with Gasteiger partial charge in [-0.05, 0) is 38.5 Å². The van der Waals surface area contributed by atoms with E-state index < -0.39 is 6.10 Å². The van der Waals surface area contributed by atoms with Crippen molar-refractivity contribution in [1.82, 2.24) is 10.6 Å². The van der Waals surface area contributed by atoms with Crippen LogP contribution in [0.1, 0.15) is 39.4 Å². The van der Waals surface area contributed by atoms with Crippen molar-refractivity contribution in [3.63, 3.8) is 0 Å². The molecule has 0 radical (unpaired) electrons. The van der Waals surface area contributed by atoms with Gasteiger partial charge in [-0.2, -0.15) is 0 Å². The number of aliphatic hydroxyl groups excluding tert-OH is 1. The minimum absolute atomic E-state index is 0. The summed E-state index contributed by atoms with van der Waals surface area (Å²) in [7, 11) is 0. The monoisotopic (exact) mass is 477 g/mol. The van der Waals surface area contributed by atoms with Crippen molar-refractivity contribution < 1.29 is 14.6 Å². The highest BCUT2D eigenvalue weighted by Crippen LogP contribution is 2.26. The molecule has 1 atom stereocenters. The smallest absolute Gasteiger partial charge is 0.191 e. The normalized spacial score (nSPS) is 17.1. The number of guanidine groups is 1. The summed E-state index contributed by atoms with van der Waals surface area (Å²) in [5.41, 5.74) is 0.978. The molecule has 26 heavy (non-hydrogen) atoms. The van der Waals surface area contributed by atoms with Crippen molar-refractivity contribution in [3.8, 4) is 5.75 Å². The van der Waals surface area contributed by atoms with E-state index in [0.717, 1.165) is 37.0 Å². The largest absolute Gasteiger partial charge is 0.491 e. The van der Waals surface area contributed by atoms with Crippen molar-refractivity contribution in [2.45, 2.75) is 39.9 Å². The lowest BCUT2D eigenvalue weighted by molar-refractivity contribution is -0.0945. The third-order valence-electron chi connectivity index (χ3n) is 3.96. The van der Waals surface area contributed by atoms with Crippen LogP contribution in [-0.4, -0.2) is 50.0 Å². The first-order chi connectivity index (χ1) is 11.9. The van der Waals surface area contributed by atoms with Crippen molar-refractivity contribution in [2.75, 3.05) is 32.8 Å². The lowest BCUT2D eigenvalue weighted by Crippen LogP contribution is -2.45. The molecule has 1 aromatic carbocycles. The molecule has 1 aliphatic heterocycles. The zero-order valence-electron chi connectivity index (χ0n) is 16.1. The molecule has 1 saturated heterocycles. The molecule has 2 rings (SSSR count). The highest BCUT2D eigenvalue weighted by molar-refractivity contribution is 14.0. The lowest BCUT2D eigenvalue weighted by atomic mass is 9.89. The van der Waals surface area contributed by atoms with E-state index in [-0.39, 0.29) is 35.5 Å². The number of hydrogen-bond acceptors (Lipinski definition) is 4. The van der Waals surface area contributed by atoms with Gasteiger partial charge < -0.3 is 25.2 Å². The number of halogens is 1. The molecule has 0 aromatic heterocycles. The number of rotatable bonds is 8. The van der Waals surface area contributed by atoms with Crippen molar-refractivity contribution in [3.05, 3.63) is 29.8 Å². The van der Waals surface area contributed by atoms with Crippen LogP contribution in [-0.2, 0) is 4.74 Å². The molecule has 1 aliphatic rings. The molecule has 0 bridgehead atoms. The summed E-state index contributed by atoms with van der Waals surface area (Å²) >= 11 is 0. The number of aliphatic hydroxyl groups is 1. The average molecular weight is 477 g/mol. The van der Waals surface area contributed by atoms with E-state index in [1.807, 2.05) is 45.0 Å². The van der Waals surface area contributed by atoms with Gasteiger partial charge in [0, 0.05) is 18.5 Å². The fraction of sp³-hybridized carbons (Fsp3) is 0.632. The van der Waals surface area contributed by atoms with Crippen LogP contribution in [0.3, 0.4) is 0 Å². The van der Waals surface area contributed by atoms with E-state index in [1.54, 1.807) is 0 Å². The molecule has 7 heteroatoms. The topological polar surface area (TPSA) is 75.1 Å². The van der Waals surface area contributed by atoms with Crippen molar-refractivity contribution in [1.29, 1.82) is 0 Å². The summed E-state index contributed by atoms with van der Waals surface area (Å²) in [5, 5.41) is 16.8. The molecule has 148 valence electrons. The average Bonchev–Trinajstić information content (AvgIpc) is 2.55. The van der Waals surface area contributed by atoms with Crippen LogP contribution in [0, 0.1) is 5.41 Å². The summed E-state index contributed by atoms with van der Waals surface area (Å²) in [4.78, 5) is 4.60.